The van der Waals surface area contributed by atoms with E-state index < -0.39 is 12.1 Å². The summed E-state index contributed by atoms with van der Waals surface area (Å²) >= 11 is 0. The number of aliphatic hydroxyl groups is 1. The van der Waals surface area contributed by atoms with Crippen molar-refractivity contribution >= 4 is 12.1 Å². The first-order valence-electron chi connectivity index (χ1n) is 8.55. The monoisotopic (exact) mass is 387 g/mol. The largest absolute Gasteiger partial charge is 0.481 e. The number of aliphatic hydroxyl groups excluding tert-OH is 1. The third kappa shape index (κ3) is 12.5. The van der Waals surface area contributed by atoms with Crippen LogP contribution in [0.2, 0.25) is 0 Å². The lowest BCUT2D eigenvalue weighted by Gasteiger charge is -2.07. The minimum absolute atomic E-state index is 0.0128. The molecule has 3 N–H and O–H groups in total. The van der Waals surface area contributed by atoms with E-state index in [2.05, 4.69) is 25.7 Å². The molecule has 12 nitrogen and oxygen atoms in total. The molecule has 152 valence electrons. The van der Waals surface area contributed by atoms with Gasteiger partial charge in [-0.05, 0) is 6.42 Å². The highest BCUT2D eigenvalue weighted by molar-refractivity contribution is 5.67. The second kappa shape index (κ2) is 14.7. The maximum atomic E-state index is 11.5. The molecule has 27 heavy (non-hydrogen) atoms. The van der Waals surface area contributed by atoms with Crippen molar-refractivity contribution in [2.45, 2.75) is 25.7 Å². The van der Waals surface area contributed by atoms with E-state index in [-0.39, 0.29) is 32.7 Å². The third-order valence-corrected chi connectivity index (χ3v) is 3.01. The second-order valence-electron chi connectivity index (χ2n) is 5.24. The first kappa shape index (κ1) is 22.6. The Bertz CT molecular complexity index is 544. The number of aliphatic carboxylic acids is 1. The molecule has 0 aliphatic heterocycles. The van der Waals surface area contributed by atoms with E-state index in [1.807, 2.05) is 0 Å². The van der Waals surface area contributed by atoms with Crippen molar-refractivity contribution < 1.29 is 34.0 Å². The number of rotatable bonds is 15. The fourth-order valence-corrected chi connectivity index (χ4v) is 1.71. The maximum Gasteiger partial charge on any atom is 0.407 e. The fraction of sp³-hybridized carbons (Fsp3) is 0.733. The van der Waals surface area contributed by atoms with E-state index >= 15 is 0 Å². The summed E-state index contributed by atoms with van der Waals surface area (Å²) in [6.07, 6.45) is 0.627. The first-order chi connectivity index (χ1) is 13.1. The number of carboxylic acid groups (broad SMARTS) is 1. The Balaban J connectivity index is 1.93. The van der Waals surface area contributed by atoms with E-state index in [0.717, 1.165) is 0 Å². The summed E-state index contributed by atoms with van der Waals surface area (Å²) in [7, 11) is 0. The molecule has 0 aliphatic carbocycles. The van der Waals surface area contributed by atoms with Gasteiger partial charge in [-0.1, -0.05) is 0 Å². The zero-order valence-electron chi connectivity index (χ0n) is 15.0. The van der Waals surface area contributed by atoms with Gasteiger partial charge in [0, 0.05) is 32.6 Å². The summed E-state index contributed by atoms with van der Waals surface area (Å²) in [4.78, 5) is 21.7. The summed E-state index contributed by atoms with van der Waals surface area (Å²) in [5.41, 5.74) is 0. The molecule has 0 saturated heterocycles. The van der Waals surface area contributed by atoms with Gasteiger partial charge in [-0.25, -0.2) is 4.79 Å². The SMILES string of the molecule is O=C(O)CCOCCCOCCNC(=O)OCCc1nnc(CCO)nn1. The zero-order chi connectivity index (χ0) is 19.7. The molecule has 1 amide bonds. The molecular weight excluding hydrogens is 362 g/mol. The minimum Gasteiger partial charge on any atom is -0.481 e. The van der Waals surface area contributed by atoms with Crippen LogP contribution >= 0.6 is 0 Å². The summed E-state index contributed by atoms with van der Waals surface area (Å²) in [6.45, 7) is 1.71. The Morgan fingerprint density at radius 1 is 0.889 bits per heavy atom. The average molecular weight is 387 g/mol. The first-order valence-corrected chi connectivity index (χ1v) is 8.55. The predicted octanol–water partition coefficient (Wildman–Crippen LogP) is -1.03. The van der Waals surface area contributed by atoms with E-state index in [1.54, 1.807) is 0 Å². The third-order valence-electron chi connectivity index (χ3n) is 3.01. The van der Waals surface area contributed by atoms with Gasteiger partial charge in [0.2, 0.25) is 0 Å². The Hall–Kier alpha value is -2.44. The van der Waals surface area contributed by atoms with Crippen LogP contribution in [0, 0.1) is 0 Å². The molecule has 0 atom stereocenters. The van der Waals surface area contributed by atoms with Crippen LogP contribution in [0.1, 0.15) is 24.5 Å². The van der Waals surface area contributed by atoms with Gasteiger partial charge in [-0.2, -0.15) is 0 Å². The van der Waals surface area contributed by atoms with Gasteiger partial charge < -0.3 is 29.7 Å². The molecule has 1 aromatic heterocycles. The van der Waals surface area contributed by atoms with Gasteiger partial charge in [-0.15, -0.1) is 20.4 Å². The highest BCUT2D eigenvalue weighted by Crippen LogP contribution is 1.92. The predicted molar refractivity (Wildman–Crippen MR) is 90.0 cm³/mol. The van der Waals surface area contributed by atoms with Crippen molar-refractivity contribution in [3.05, 3.63) is 11.6 Å². The van der Waals surface area contributed by atoms with Crippen LogP contribution in [0.25, 0.3) is 0 Å². The second-order valence-corrected chi connectivity index (χ2v) is 5.24. The molecule has 0 fully saturated rings. The molecule has 0 unspecified atom stereocenters. The molecule has 0 aromatic carbocycles. The molecule has 0 bridgehead atoms. The van der Waals surface area contributed by atoms with E-state index in [0.29, 0.717) is 50.9 Å². The lowest BCUT2D eigenvalue weighted by molar-refractivity contribution is -0.138. The molecular formula is C15H25N5O7. The molecule has 0 radical (unpaired) electrons. The van der Waals surface area contributed by atoms with Gasteiger partial charge in [0.15, 0.2) is 11.6 Å². The number of carbonyl (C=O) groups is 2. The molecule has 12 heteroatoms. The number of hydrogen-bond acceptors (Lipinski definition) is 10. The molecule has 0 saturated carbocycles. The number of amides is 1. The van der Waals surface area contributed by atoms with Crippen molar-refractivity contribution in [1.29, 1.82) is 0 Å². The van der Waals surface area contributed by atoms with Crippen molar-refractivity contribution in [2.75, 3.05) is 46.2 Å². The standard InChI is InChI=1S/C15H25N5O7/c21-6-2-12-17-19-13(20-18-12)3-10-27-15(24)16-5-11-26-8-1-7-25-9-4-14(22)23/h21H,1-11H2,(H,16,24)(H,22,23). The number of aromatic nitrogens is 4. The molecule has 0 aliphatic rings. The topological polar surface area (TPSA) is 166 Å². The summed E-state index contributed by atoms with van der Waals surface area (Å²) in [6, 6.07) is 0. The quantitative estimate of drug-likeness (QED) is 0.315. The number of nitrogens with zero attached hydrogens (tertiary/aromatic N) is 4. The Morgan fingerprint density at radius 3 is 2.15 bits per heavy atom. The number of hydrogen-bond donors (Lipinski definition) is 3. The zero-order valence-corrected chi connectivity index (χ0v) is 15.0. The van der Waals surface area contributed by atoms with Crippen molar-refractivity contribution in [2.24, 2.45) is 0 Å². The van der Waals surface area contributed by atoms with Gasteiger partial charge in [-0.3, -0.25) is 4.79 Å². The van der Waals surface area contributed by atoms with Gasteiger partial charge in [0.1, 0.15) is 6.61 Å². The van der Waals surface area contributed by atoms with E-state index in [4.69, 9.17) is 24.4 Å². The normalized spacial score (nSPS) is 10.6. The van der Waals surface area contributed by atoms with Crippen molar-refractivity contribution in [3.8, 4) is 0 Å². The molecule has 1 heterocycles. The van der Waals surface area contributed by atoms with Crippen LogP contribution in [0.4, 0.5) is 4.79 Å². The van der Waals surface area contributed by atoms with Gasteiger partial charge in [0.25, 0.3) is 0 Å². The van der Waals surface area contributed by atoms with Crippen LogP contribution in [0.5, 0.6) is 0 Å². The van der Waals surface area contributed by atoms with Crippen LogP contribution in [-0.4, -0.2) is 88.9 Å². The number of alkyl carbamates (subject to hydrolysis) is 1. The number of carbonyl (C=O) groups excluding carboxylic acids is 1. The maximum absolute atomic E-state index is 11.5. The lowest BCUT2D eigenvalue weighted by Crippen LogP contribution is -2.28. The smallest absolute Gasteiger partial charge is 0.407 e. The number of carboxylic acids is 1. The highest BCUT2D eigenvalue weighted by Gasteiger charge is 2.05. The van der Waals surface area contributed by atoms with Crippen LogP contribution in [0.3, 0.4) is 0 Å². The summed E-state index contributed by atoms with van der Waals surface area (Å²) in [5.74, 6) is -0.189. The molecule has 1 rings (SSSR count). The van der Waals surface area contributed by atoms with Gasteiger partial charge >= 0.3 is 12.1 Å². The van der Waals surface area contributed by atoms with E-state index in [1.165, 1.54) is 0 Å². The van der Waals surface area contributed by atoms with Crippen LogP contribution in [0.15, 0.2) is 0 Å². The number of ether oxygens (including phenoxy) is 3. The van der Waals surface area contributed by atoms with Crippen molar-refractivity contribution in [3.63, 3.8) is 0 Å². The number of nitrogens with one attached hydrogen (secondary N) is 1. The van der Waals surface area contributed by atoms with Crippen molar-refractivity contribution in [1.82, 2.24) is 25.7 Å². The summed E-state index contributed by atoms with van der Waals surface area (Å²) in [5, 5.41) is 34.9. The van der Waals surface area contributed by atoms with Gasteiger partial charge in [0.05, 0.1) is 26.2 Å². The van der Waals surface area contributed by atoms with Crippen LogP contribution < -0.4 is 5.32 Å². The Labute approximate surface area is 156 Å². The lowest BCUT2D eigenvalue weighted by atomic mass is 10.4. The molecule has 0 spiro atoms. The average Bonchev–Trinajstić information content (AvgIpc) is 2.64. The minimum atomic E-state index is -0.888. The Kier molecular flexibility index (Phi) is 12.3. The highest BCUT2D eigenvalue weighted by atomic mass is 16.5. The summed E-state index contributed by atoms with van der Waals surface area (Å²) < 4.78 is 15.4. The Morgan fingerprint density at radius 2 is 1.52 bits per heavy atom. The fourth-order valence-electron chi connectivity index (χ4n) is 1.71. The van der Waals surface area contributed by atoms with E-state index in [9.17, 15) is 9.59 Å². The van der Waals surface area contributed by atoms with Crippen LogP contribution in [-0.2, 0) is 31.8 Å². The molecule has 1 aromatic rings.